The second-order valence-electron chi connectivity index (χ2n) is 17.0. The minimum absolute atomic E-state index is 0.0992. The Morgan fingerprint density at radius 3 is 1.27 bits per heavy atom. The predicted molar refractivity (Wildman–Crippen MR) is 273 cm³/mol. The molecule has 0 fully saturated rings. The van der Waals surface area contributed by atoms with Gasteiger partial charge in [-0.05, 0) is 68.0 Å². The van der Waals surface area contributed by atoms with E-state index in [1.807, 2.05) is 109 Å². The van der Waals surface area contributed by atoms with E-state index in [0.717, 1.165) is 118 Å². The van der Waals surface area contributed by atoms with Gasteiger partial charge < -0.3 is 29.1 Å². The third-order valence-electron chi connectivity index (χ3n) is 11.9. The quantitative estimate of drug-likeness (QED) is 0.0979. The zero-order chi connectivity index (χ0) is 48.1. The monoisotopic (exact) mass is 930 g/mol. The molecule has 0 bridgehead atoms. The Morgan fingerprint density at radius 1 is 0.500 bits per heavy atom. The van der Waals surface area contributed by atoms with Crippen molar-refractivity contribution in [2.45, 2.75) is 45.7 Å². The van der Waals surface area contributed by atoms with Crippen molar-refractivity contribution in [2.75, 3.05) is 42.7 Å². The van der Waals surface area contributed by atoms with E-state index in [4.69, 9.17) is 39.3 Å². The van der Waals surface area contributed by atoms with Crippen LogP contribution in [0.4, 0.5) is 11.6 Å². The molecule has 0 atom stereocenters. The molecular weight excluding hydrogens is 877 g/mol. The fraction of sp³-hybridized carbons (Fsp3) is 0.207. The smallest absolute Gasteiger partial charge is 0.344 e. The van der Waals surface area contributed by atoms with Gasteiger partial charge in [-0.2, -0.15) is 0 Å². The number of carbonyl (C=O) groups is 2. The maximum absolute atomic E-state index is 11.7. The normalized spacial score (nSPS) is 12.7. The number of carboxylic acids is 1. The van der Waals surface area contributed by atoms with Crippen molar-refractivity contribution in [3.63, 3.8) is 0 Å². The number of carbonyl (C=O) groups excluding carboxylic acids is 1. The van der Waals surface area contributed by atoms with E-state index in [9.17, 15) is 9.59 Å². The van der Waals surface area contributed by atoms with E-state index in [2.05, 4.69) is 64.4 Å². The first-order valence-corrected chi connectivity index (χ1v) is 23.7. The first-order chi connectivity index (χ1) is 34.4. The molecule has 8 aromatic rings. The first kappa shape index (κ1) is 46.7. The summed E-state index contributed by atoms with van der Waals surface area (Å²) in [6.07, 6.45) is 3.79. The molecule has 0 unspecified atom stereocenters. The highest BCUT2D eigenvalue weighted by Gasteiger charge is 2.26. The van der Waals surface area contributed by atoms with Crippen molar-refractivity contribution in [3.8, 4) is 56.5 Å². The van der Waals surface area contributed by atoms with Crippen molar-refractivity contribution in [1.29, 1.82) is 0 Å². The lowest BCUT2D eigenvalue weighted by Crippen LogP contribution is -2.30. The molecule has 0 saturated carbocycles. The molecule has 6 aromatic carbocycles. The minimum atomic E-state index is -0.992. The number of ether oxygens (including phenoxy) is 3. The maximum Gasteiger partial charge on any atom is 0.344 e. The van der Waals surface area contributed by atoms with Crippen LogP contribution in [0.2, 0.25) is 0 Å². The number of carboxylic acid groups (broad SMARTS) is 1. The number of rotatable bonds is 15. The molecule has 0 aliphatic carbocycles. The number of hydrogen-bond donors (Lipinski definition) is 1. The standard InChI is InChI=1S/C30H29N3O3.C28H25N3O3/c1-2-35-27(34)21-36-25-16-9-11-22(19-25)20-33-18-10-17-26-30(33)32-29(24-14-7-4-8-15-24)28(31-26)23-12-5-3-6-13-23;32-25(33)19-34-23-14-7-9-20(17-23)18-31-16-8-15-24-28(31)30-27(22-12-5-2-6-13-22)26(29-24)21-10-3-1-4-11-21/h3-9,11-16,19H,2,10,17-18,20-21H2,1H3;1-7,9-14,17H,8,15-16,18-19H2,(H,32,33). The van der Waals surface area contributed by atoms with Gasteiger partial charge in [-0.3, -0.25) is 0 Å². The summed E-state index contributed by atoms with van der Waals surface area (Å²) in [5.41, 5.74) is 11.9. The lowest BCUT2D eigenvalue weighted by molar-refractivity contribution is -0.145. The summed E-state index contributed by atoms with van der Waals surface area (Å²) in [7, 11) is 0. The van der Waals surface area contributed by atoms with Crippen LogP contribution in [-0.2, 0) is 40.3 Å². The van der Waals surface area contributed by atoms with Crippen LogP contribution in [0.25, 0.3) is 45.0 Å². The Balaban J connectivity index is 0.000000174. The number of anilines is 2. The SMILES string of the molecule is CCOC(=O)COc1cccc(CN2CCCc3nc(-c4ccccc4)c(-c4ccccc4)nc32)c1.O=C(O)COc1cccc(CN2CCCc3nc(-c4ccccc4)c(-c4ccccc4)nc32)c1. The van der Waals surface area contributed by atoms with Gasteiger partial charge in [-0.1, -0.05) is 146 Å². The Kier molecular flexibility index (Phi) is 15.1. The van der Waals surface area contributed by atoms with E-state index in [1.54, 1.807) is 13.0 Å². The second kappa shape index (κ2) is 22.6. The van der Waals surface area contributed by atoms with Gasteiger partial charge in [0.05, 0.1) is 40.8 Å². The van der Waals surface area contributed by atoms with E-state index >= 15 is 0 Å². The average Bonchev–Trinajstić information content (AvgIpc) is 3.41. The van der Waals surface area contributed by atoms with Crippen molar-refractivity contribution in [1.82, 2.24) is 19.9 Å². The van der Waals surface area contributed by atoms with Crippen molar-refractivity contribution in [2.24, 2.45) is 0 Å². The number of aromatic nitrogens is 4. The molecule has 10 rings (SSSR count). The number of hydrogen-bond acceptors (Lipinski definition) is 11. The predicted octanol–water partition coefficient (Wildman–Crippen LogP) is 10.9. The number of aliphatic carboxylic acids is 1. The molecule has 2 aliphatic rings. The second-order valence-corrected chi connectivity index (χ2v) is 17.0. The zero-order valence-electron chi connectivity index (χ0n) is 39.1. The Morgan fingerprint density at radius 2 is 0.886 bits per heavy atom. The molecule has 0 spiro atoms. The summed E-state index contributed by atoms with van der Waals surface area (Å²) >= 11 is 0. The summed E-state index contributed by atoms with van der Waals surface area (Å²) in [5.74, 6) is 1.67. The summed E-state index contributed by atoms with van der Waals surface area (Å²) in [5, 5.41) is 8.89. The van der Waals surface area contributed by atoms with Crippen LogP contribution in [-0.4, -0.2) is 69.9 Å². The van der Waals surface area contributed by atoms with Gasteiger partial charge >= 0.3 is 11.9 Å². The van der Waals surface area contributed by atoms with Crippen LogP contribution < -0.4 is 19.3 Å². The highest BCUT2D eigenvalue weighted by Crippen LogP contribution is 2.37. The highest BCUT2D eigenvalue weighted by atomic mass is 16.6. The molecule has 12 heteroatoms. The molecule has 1 N–H and O–H groups in total. The highest BCUT2D eigenvalue weighted by molar-refractivity contribution is 5.81. The van der Waals surface area contributed by atoms with Gasteiger partial charge in [-0.15, -0.1) is 0 Å². The maximum atomic E-state index is 11.7. The number of benzene rings is 6. The fourth-order valence-corrected chi connectivity index (χ4v) is 8.75. The molecule has 70 heavy (non-hydrogen) atoms. The van der Waals surface area contributed by atoms with Crippen molar-refractivity contribution < 1.29 is 28.9 Å². The van der Waals surface area contributed by atoms with Gasteiger partial charge in [-0.25, -0.2) is 29.5 Å². The number of nitrogens with zero attached hydrogens (tertiary/aromatic N) is 6. The number of aryl methyl sites for hydroxylation is 2. The van der Waals surface area contributed by atoms with Crippen molar-refractivity contribution >= 4 is 23.6 Å². The van der Waals surface area contributed by atoms with Crippen LogP contribution in [0.1, 0.15) is 42.3 Å². The van der Waals surface area contributed by atoms with Gasteiger partial charge in [0.1, 0.15) is 11.5 Å². The average molecular weight is 931 g/mol. The Bertz CT molecular complexity index is 3030. The minimum Gasteiger partial charge on any atom is -0.482 e. The topological polar surface area (TPSA) is 140 Å². The van der Waals surface area contributed by atoms with Gasteiger partial charge in [0.25, 0.3) is 0 Å². The summed E-state index contributed by atoms with van der Waals surface area (Å²) in [6, 6.07) is 56.3. The van der Waals surface area contributed by atoms with Gasteiger partial charge in [0.15, 0.2) is 24.8 Å². The molecule has 352 valence electrons. The zero-order valence-corrected chi connectivity index (χ0v) is 39.1. The first-order valence-electron chi connectivity index (χ1n) is 23.7. The van der Waals surface area contributed by atoms with Crippen LogP contribution >= 0.6 is 0 Å². The lowest BCUT2D eigenvalue weighted by Gasteiger charge is -2.30. The molecule has 12 nitrogen and oxygen atoms in total. The number of esters is 1. The largest absolute Gasteiger partial charge is 0.482 e. The third kappa shape index (κ3) is 11.6. The molecule has 2 aliphatic heterocycles. The molecule has 0 amide bonds. The molecule has 0 saturated heterocycles. The molecular formula is C58H54N6O6. The van der Waals surface area contributed by atoms with E-state index in [-0.39, 0.29) is 19.2 Å². The lowest BCUT2D eigenvalue weighted by atomic mass is 10.0. The van der Waals surface area contributed by atoms with Gasteiger partial charge in [0, 0.05) is 48.4 Å². The summed E-state index contributed by atoms with van der Waals surface area (Å²) in [6.45, 7) is 4.76. The number of fused-ring (bicyclic) bond motifs is 2. The van der Waals surface area contributed by atoms with Crippen LogP contribution in [0.5, 0.6) is 11.5 Å². The molecule has 2 aromatic heterocycles. The van der Waals surface area contributed by atoms with Crippen LogP contribution in [0.3, 0.4) is 0 Å². The van der Waals surface area contributed by atoms with E-state index < -0.39 is 5.97 Å². The summed E-state index contributed by atoms with van der Waals surface area (Å²) < 4.78 is 16.0. The van der Waals surface area contributed by atoms with Crippen LogP contribution in [0, 0.1) is 0 Å². The Hall–Kier alpha value is -8.38. The van der Waals surface area contributed by atoms with E-state index in [1.165, 1.54) is 0 Å². The fourth-order valence-electron chi connectivity index (χ4n) is 8.75. The van der Waals surface area contributed by atoms with E-state index in [0.29, 0.717) is 31.2 Å². The molecule has 4 heterocycles. The van der Waals surface area contributed by atoms with Gasteiger partial charge in [0.2, 0.25) is 0 Å². The molecule has 0 radical (unpaired) electrons. The summed E-state index contributed by atoms with van der Waals surface area (Å²) in [4.78, 5) is 47.7. The van der Waals surface area contributed by atoms with Crippen molar-refractivity contribution in [3.05, 3.63) is 192 Å². The Labute approximate surface area is 408 Å². The third-order valence-corrected chi connectivity index (χ3v) is 11.9. The van der Waals surface area contributed by atoms with Crippen LogP contribution in [0.15, 0.2) is 170 Å².